The van der Waals surface area contributed by atoms with Crippen LogP contribution in [0.2, 0.25) is 0 Å². The molecule has 1 unspecified atom stereocenters. The smallest absolute Gasteiger partial charge is 0.123 e. The molecule has 2 rings (SSSR count). The zero-order valence-corrected chi connectivity index (χ0v) is 11.4. The average molecular weight is 262 g/mol. The van der Waals surface area contributed by atoms with Gasteiger partial charge in [0.2, 0.25) is 0 Å². The minimum atomic E-state index is -0.268. The van der Waals surface area contributed by atoms with Gasteiger partial charge in [-0.2, -0.15) is 5.10 Å². The van der Waals surface area contributed by atoms with Crippen LogP contribution in [0.1, 0.15) is 35.5 Å². The molecule has 0 radical (unpaired) electrons. The van der Waals surface area contributed by atoms with E-state index in [1.807, 2.05) is 37.6 Å². The Labute approximate surface area is 112 Å². The highest BCUT2D eigenvalue weighted by atomic mass is 19.1. The van der Waals surface area contributed by atoms with E-state index in [1.54, 1.807) is 0 Å². The molecular formula is C14H19FN4. The highest BCUT2D eigenvalue weighted by Crippen LogP contribution is 2.24. The van der Waals surface area contributed by atoms with Crippen molar-refractivity contribution in [1.82, 2.24) is 15.2 Å². The van der Waals surface area contributed by atoms with Crippen molar-refractivity contribution in [1.29, 1.82) is 0 Å². The quantitative estimate of drug-likeness (QED) is 0.656. The van der Waals surface area contributed by atoms with Crippen molar-refractivity contribution in [3.63, 3.8) is 0 Å². The number of hydrogen-bond acceptors (Lipinski definition) is 3. The predicted molar refractivity (Wildman–Crippen MR) is 72.9 cm³/mol. The number of aryl methyl sites for hydroxylation is 3. The van der Waals surface area contributed by atoms with E-state index in [0.717, 1.165) is 29.1 Å². The first-order valence-corrected chi connectivity index (χ1v) is 6.32. The summed E-state index contributed by atoms with van der Waals surface area (Å²) in [4.78, 5) is 0. The van der Waals surface area contributed by atoms with Crippen LogP contribution in [0.15, 0.2) is 24.3 Å². The second kappa shape index (κ2) is 5.50. The lowest BCUT2D eigenvalue weighted by atomic mass is 10.0. The number of hydrogen-bond donors (Lipinski definition) is 2. The van der Waals surface area contributed by atoms with Crippen molar-refractivity contribution in [2.75, 3.05) is 0 Å². The zero-order valence-electron chi connectivity index (χ0n) is 11.4. The van der Waals surface area contributed by atoms with E-state index in [4.69, 9.17) is 5.84 Å². The number of nitrogens with one attached hydrogen (secondary N) is 1. The molecular weight excluding hydrogens is 243 g/mol. The van der Waals surface area contributed by atoms with E-state index in [9.17, 15) is 4.39 Å². The van der Waals surface area contributed by atoms with Crippen LogP contribution in [0.3, 0.4) is 0 Å². The summed E-state index contributed by atoms with van der Waals surface area (Å²) >= 11 is 0. The molecule has 0 amide bonds. The molecule has 2 aromatic rings. The van der Waals surface area contributed by atoms with Crippen molar-refractivity contribution in [2.24, 2.45) is 5.84 Å². The SMILES string of the molecule is CCn1nc(C)cc1C(NN)c1cc(C)cc(F)c1. The van der Waals surface area contributed by atoms with Gasteiger partial charge in [0.05, 0.1) is 17.4 Å². The van der Waals surface area contributed by atoms with Crippen LogP contribution in [0.5, 0.6) is 0 Å². The van der Waals surface area contributed by atoms with Crippen molar-refractivity contribution in [3.8, 4) is 0 Å². The van der Waals surface area contributed by atoms with E-state index in [2.05, 4.69) is 10.5 Å². The van der Waals surface area contributed by atoms with Gasteiger partial charge in [-0.25, -0.2) is 9.82 Å². The maximum atomic E-state index is 13.5. The predicted octanol–water partition coefficient (Wildman–Crippen LogP) is 2.21. The van der Waals surface area contributed by atoms with Crippen LogP contribution >= 0.6 is 0 Å². The molecule has 0 saturated carbocycles. The standard InChI is InChI=1S/C14H19FN4/c1-4-19-13(7-10(3)18-19)14(17-16)11-5-9(2)6-12(15)8-11/h5-8,14,17H,4,16H2,1-3H3. The molecule has 1 heterocycles. The second-order valence-corrected chi connectivity index (χ2v) is 4.69. The van der Waals surface area contributed by atoms with Gasteiger partial charge in [0, 0.05) is 6.54 Å². The maximum Gasteiger partial charge on any atom is 0.123 e. The molecule has 102 valence electrons. The van der Waals surface area contributed by atoms with Gasteiger partial charge >= 0.3 is 0 Å². The number of hydrazine groups is 1. The topological polar surface area (TPSA) is 55.9 Å². The van der Waals surface area contributed by atoms with Crippen LogP contribution < -0.4 is 11.3 Å². The Bertz CT molecular complexity index is 557. The summed E-state index contributed by atoms with van der Waals surface area (Å²) in [6, 6.07) is 6.62. The lowest BCUT2D eigenvalue weighted by Crippen LogP contribution is -2.30. The summed E-state index contributed by atoms with van der Waals surface area (Å²) in [5, 5.41) is 4.40. The van der Waals surface area contributed by atoms with Gasteiger partial charge in [-0.1, -0.05) is 6.07 Å². The normalized spacial score (nSPS) is 12.7. The number of aromatic nitrogens is 2. The van der Waals surface area contributed by atoms with Crippen LogP contribution in [0, 0.1) is 19.7 Å². The third-order valence-corrected chi connectivity index (χ3v) is 3.09. The number of nitrogens with two attached hydrogens (primary N) is 1. The van der Waals surface area contributed by atoms with Crippen LogP contribution in [-0.4, -0.2) is 9.78 Å². The summed E-state index contributed by atoms with van der Waals surface area (Å²) < 4.78 is 15.4. The van der Waals surface area contributed by atoms with Gasteiger partial charge in [0.25, 0.3) is 0 Å². The molecule has 0 aliphatic heterocycles. The maximum absolute atomic E-state index is 13.5. The zero-order chi connectivity index (χ0) is 14.0. The molecule has 0 spiro atoms. The van der Waals surface area contributed by atoms with Crippen LogP contribution in [-0.2, 0) is 6.54 Å². The largest absolute Gasteiger partial charge is 0.271 e. The summed E-state index contributed by atoms with van der Waals surface area (Å²) in [5.74, 6) is 5.40. The summed E-state index contributed by atoms with van der Waals surface area (Å²) in [7, 11) is 0. The fourth-order valence-electron chi connectivity index (χ4n) is 2.33. The van der Waals surface area contributed by atoms with Crippen molar-refractivity contribution in [2.45, 2.75) is 33.4 Å². The van der Waals surface area contributed by atoms with E-state index in [0.29, 0.717) is 0 Å². The molecule has 0 aliphatic carbocycles. The van der Waals surface area contributed by atoms with Gasteiger partial charge in [-0.05, 0) is 50.1 Å². The Morgan fingerprint density at radius 2 is 2.05 bits per heavy atom. The lowest BCUT2D eigenvalue weighted by molar-refractivity contribution is 0.538. The Hall–Kier alpha value is -1.72. The molecule has 0 aliphatic rings. The molecule has 0 fully saturated rings. The number of benzene rings is 1. The second-order valence-electron chi connectivity index (χ2n) is 4.69. The first-order valence-electron chi connectivity index (χ1n) is 6.32. The molecule has 1 aromatic carbocycles. The third-order valence-electron chi connectivity index (χ3n) is 3.09. The third kappa shape index (κ3) is 2.83. The van der Waals surface area contributed by atoms with Crippen LogP contribution in [0.4, 0.5) is 4.39 Å². The first kappa shape index (κ1) is 13.7. The molecule has 5 heteroatoms. The first-order chi connectivity index (χ1) is 9.05. The molecule has 0 saturated heterocycles. The molecule has 4 nitrogen and oxygen atoms in total. The Morgan fingerprint density at radius 3 is 2.63 bits per heavy atom. The van der Waals surface area contributed by atoms with Gasteiger partial charge in [0.1, 0.15) is 5.82 Å². The van der Waals surface area contributed by atoms with Crippen LogP contribution in [0.25, 0.3) is 0 Å². The van der Waals surface area contributed by atoms with Gasteiger partial charge in [-0.15, -0.1) is 0 Å². The van der Waals surface area contributed by atoms with Crippen molar-refractivity contribution < 1.29 is 4.39 Å². The highest BCUT2D eigenvalue weighted by Gasteiger charge is 2.18. The molecule has 1 atom stereocenters. The fourth-order valence-corrected chi connectivity index (χ4v) is 2.33. The number of nitrogens with zero attached hydrogens (tertiary/aromatic N) is 2. The molecule has 3 N–H and O–H groups in total. The van der Waals surface area contributed by atoms with Gasteiger partial charge < -0.3 is 0 Å². The summed E-state index contributed by atoms with van der Waals surface area (Å²) in [5.41, 5.74) is 6.28. The van der Waals surface area contributed by atoms with E-state index >= 15 is 0 Å². The van der Waals surface area contributed by atoms with E-state index < -0.39 is 0 Å². The summed E-state index contributed by atoms with van der Waals surface area (Å²) in [6.45, 7) is 6.55. The Morgan fingerprint density at radius 1 is 1.32 bits per heavy atom. The highest BCUT2D eigenvalue weighted by molar-refractivity contribution is 5.32. The van der Waals surface area contributed by atoms with E-state index in [1.165, 1.54) is 12.1 Å². The molecule has 0 bridgehead atoms. The fraction of sp³-hybridized carbons (Fsp3) is 0.357. The number of halogens is 1. The Balaban J connectivity index is 2.49. The molecule has 1 aromatic heterocycles. The van der Waals surface area contributed by atoms with Gasteiger partial charge in [-0.3, -0.25) is 10.5 Å². The van der Waals surface area contributed by atoms with Crippen molar-refractivity contribution >= 4 is 0 Å². The summed E-state index contributed by atoms with van der Waals surface area (Å²) in [6.07, 6.45) is 0. The monoisotopic (exact) mass is 262 g/mol. The minimum absolute atomic E-state index is 0.255. The number of rotatable bonds is 4. The minimum Gasteiger partial charge on any atom is -0.271 e. The average Bonchev–Trinajstić information content (AvgIpc) is 2.70. The Kier molecular flexibility index (Phi) is 3.97. The van der Waals surface area contributed by atoms with Gasteiger partial charge in [0.15, 0.2) is 0 Å². The lowest BCUT2D eigenvalue weighted by Gasteiger charge is -2.18. The van der Waals surface area contributed by atoms with Crippen molar-refractivity contribution in [3.05, 3.63) is 52.6 Å². The molecule has 19 heavy (non-hydrogen) atoms. The van der Waals surface area contributed by atoms with E-state index in [-0.39, 0.29) is 11.9 Å².